The highest BCUT2D eigenvalue weighted by Crippen LogP contribution is 2.29. The predicted molar refractivity (Wildman–Crippen MR) is 142 cm³/mol. The van der Waals surface area contributed by atoms with Gasteiger partial charge in [0.05, 0.1) is 11.0 Å². The second-order valence-corrected chi connectivity index (χ2v) is 9.58. The molecule has 11 heteroatoms. The summed E-state index contributed by atoms with van der Waals surface area (Å²) in [6.45, 7) is 3.65. The minimum atomic E-state index is -0.517. The fourth-order valence-corrected chi connectivity index (χ4v) is 4.72. The van der Waals surface area contributed by atoms with Crippen LogP contribution in [0.25, 0.3) is 5.69 Å². The zero-order valence-corrected chi connectivity index (χ0v) is 21.7. The number of nitro benzene ring substituents is 1. The van der Waals surface area contributed by atoms with Crippen molar-refractivity contribution in [1.82, 2.24) is 20.1 Å². The third kappa shape index (κ3) is 6.66. The van der Waals surface area contributed by atoms with E-state index in [0.717, 1.165) is 11.1 Å². The number of carbonyl (C=O) groups is 1. The maximum absolute atomic E-state index is 12.6. The molecular formula is C26H24ClN5O4S. The van der Waals surface area contributed by atoms with E-state index in [9.17, 15) is 14.9 Å². The number of nitro groups is 1. The number of carbonyl (C=O) groups excluding carboxylic acids is 1. The van der Waals surface area contributed by atoms with E-state index >= 15 is 0 Å². The van der Waals surface area contributed by atoms with Crippen LogP contribution in [-0.2, 0) is 10.5 Å². The summed E-state index contributed by atoms with van der Waals surface area (Å²) < 4.78 is 7.34. The first-order chi connectivity index (χ1) is 17.8. The molecular weight excluding hydrogens is 514 g/mol. The molecule has 0 aliphatic rings. The summed E-state index contributed by atoms with van der Waals surface area (Å²) in [5.74, 6) is 1.33. The van der Waals surface area contributed by atoms with Gasteiger partial charge in [-0.05, 0) is 61.4 Å². The molecule has 0 bridgehead atoms. The van der Waals surface area contributed by atoms with Crippen molar-refractivity contribution >= 4 is 35.0 Å². The van der Waals surface area contributed by atoms with Crippen molar-refractivity contribution in [2.45, 2.75) is 30.8 Å². The normalized spacial score (nSPS) is 11.6. The average Bonchev–Trinajstić information content (AvgIpc) is 3.32. The number of nitrogens with zero attached hydrogens (tertiary/aromatic N) is 4. The van der Waals surface area contributed by atoms with Crippen molar-refractivity contribution in [2.24, 2.45) is 0 Å². The maximum Gasteiger partial charge on any atom is 0.269 e. The Labute approximate surface area is 223 Å². The molecule has 37 heavy (non-hydrogen) atoms. The van der Waals surface area contributed by atoms with Gasteiger partial charge in [0.2, 0.25) is 0 Å². The summed E-state index contributed by atoms with van der Waals surface area (Å²) in [6, 6.07) is 20.4. The van der Waals surface area contributed by atoms with Gasteiger partial charge < -0.3 is 10.1 Å². The molecule has 0 spiro atoms. The maximum atomic E-state index is 12.6. The van der Waals surface area contributed by atoms with E-state index in [1.165, 1.54) is 23.9 Å². The lowest BCUT2D eigenvalue weighted by Crippen LogP contribution is -2.32. The first kappa shape index (κ1) is 26.2. The van der Waals surface area contributed by atoms with Gasteiger partial charge in [-0.25, -0.2) is 0 Å². The SMILES string of the molecule is Cc1ccccc1CSc1nnc([C@@H](C)NC(=O)COc2ccc(Cl)cc2)n1-c1ccc([N+](=O)[O-])cc1. The topological polar surface area (TPSA) is 112 Å². The number of amides is 1. The van der Waals surface area contributed by atoms with Gasteiger partial charge in [0.1, 0.15) is 5.75 Å². The molecule has 4 aromatic rings. The number of hydrogen-bond donors (Lipinski definition) is 1. The summed E-state index contributed by atoms with van der Waals surface area (Å²) in [7, 11) is 0. The molecule has 4 rings (SSSR count). The monoisotopic (exact) mass is 537 g/mol. The first-order valence-electron chi connectivity index (χ1n) is 11.4. The zero-order valence-electron chi connectivity index (χ0n) is 20.1. The number of halogens is 1. The van der Waals surface area contributed by atoms with Gasteiger partial charge in [-0.1, -0.05) is 47.6 Å². The zero-order chi connectivity index (χ0) is 26.4. The highest BCUT2D eigenvalue weighted by molar-refractivity contribution is 7.98. The lowest BCUT2D eigenvalue weighted by atomic mass is 10.1. The molecule has 1 N–H and O–H groups in total. The largest absolute Gasteiger partial charge is 0.484 e. The Morgan fingerprint density at radius 2 is 1.81 bits per heavy atom. The molecule has 0 aliphatic carbocycles. The minimum Gasteiger partial charge on any atom is -0.484 e. The highest BCUT2D eigenvalue weighted by Gasteiger charge is 2.22. The van der Waals surface area contributed by atoms with Crippen molar-refractivity contribution < 1.29 is 14.5 Å². The fraction of sp³-hybridized carbons (Fsp3) is 0.192. The second kappa shape index (κ2) is 11.9. The summed E-state index contributed by atoms with van der Waals surface area (Å²) in [6.07, 6.45) is 0. The van der Waals surface area contributed by atoms with Crippen molar-refractivity contribution in [3.8, 4) is 11.4 Å². The van der Waals surface area contributed by atoms with Crippen LogP contribution >= 0.6 is 23.4 Å². The third-order valence-corrected chi connectivity index (χ3v) is 6.77. The molecule has 1 amide bonds. The summed E-state index contributed by atoms with van der Waals surface area (Å²) >= 11 is 7.38. The quantitative estimate of drug-likeness (QED) is 0.157. The molecule has 0 fully saturated rings. The Bertz CT molecular complexity index is 1390. The minimum absolute atomic E-state index is 0.0202. The number of non-ortho nitro benzene ring substituents is 1. The van der Waals surface area contributed by atoms with E-state index in [-0.39, 0.29) is 18.2 Å². The number of ether oxygens (including phenoxy) is 1. The first-order valence-corrected chi connectivity index (χ1v) is 12.7. The number of aryl methyl sites for hydroxylation is 1. The molecule has 3 aromatic carbocycles. The van der Waals surface area contributed by atoms with E-state index in [4.69, 9.17) is 16.3 Å². The molecule has 1 atom stereocenters. The molecule has 9 nitrogen and oxygen atoms in total. The van der Waals surface area contributed by atoms with Gasteiger partial charge in [-0.2, -0.15) is 0 Å². The smallest absolute Gasteiger partial charge is 0.269 e. The number of benzene rings is 3. The number of rotatable bonds is 10. The van der Waals surface area contributed by atoms with Gasteiger partial charge in [0, 0.05) is 28.6 Å². The molecule has 0 radical (unpaired) electrons. The van der Waals surface area contributed by atoms with Gasteiger partial charge in [-0.3, -0.25) is 19.5 Å². The van der Waals surface area contributed by atoms with Crippen LogP contribution in [0.15, 0.2) is 78.0 Å². The molecule has 0 aliphatic heterocycles. The molecule has 0 saturated carbocycles. The Morgan fingerprint density at radius 1 is 1.11 bits per heavy atom. The highest BCUT2D eigenvalue weighted by atomic mass is 35.5. The van der Waals surface area contributed by atoms with E-state index in [1.807, 2.05) is 25.1 Å². The molecule has 1 heterocycles. The van der Waals surface area contributed by atoms with Crippen LogP contribution in [0.5, 0.6) is 5.75 Å². The summed E-state index contributed by atoms with van der Waals surface area (Å²) in [5.41, 5.74) is 2.95. The van der Waals surface area contributed by atoms with Gasteiger partial charge in [0.25, 0.3) is 11.6 Å². The van der Waals surface area contributed by atoms with Crippen LogP contribution in [0.1, 0.15) is 29.9 Å². The Balaban J connectivity index is 1.54. The van der Waals surface area contributed by atoms with Crippen LogP contribution < -0.4 is 10.1 Å². The summed E-state index contributed by atoms with van der Waals surface area (Å²) in [5, 5.41) is 23.9. The van der Waals surface area contributed by atoms with Crippen molar-refractivity contribution in [3.63, 3.8) is 0 Å². The predicted octanol–water partition coefficient (Wildman–Crippen LogP) is 5.69. The third-order valence-electron chi connectivity index (χ3n) is 5.54. The molecule has 0 unspecified atom stereocenters. The average molecular weight is 538 g/mol. The fourth-order valence-electron chi connectivity index (χ4n) is 3.56. The standard InChI is InChI=1S/C26H24ClN5O4S/c1-17-5-3-4-6-19(17)16-37-26-30-29-25(31(26)21-9-11-22(12-10-21)32(34)35)18(2)28-24(33)15-36-23-13-7-20(27)8-14-23/h3-14,18H,15-16H2,1-2H3,(H,28,33)/t18-/m1/s1. The van der Waals surface area contributed by atoms with Gasteiger partial charge in [0.15, 0.2) is 17.6 Å². The number of hydrogen-bond acceptors (Lipinski definition) is 7. The summed E-state index contributed by atoms with van der Waals surface area (Å²) in [4.78, 5) is 23.3. The van der Waals surface area contributed by atoms with Crippen molar-refractivity contribution in [2.75, 3.05) is 6.61 Å². The molecule has 0 saturated heterocycles. The number of aromatic nitrogens is 3. The lowest BCUT2D eigenvalue weighted by Gasteiger charge is -2.16. The van der Waals surface area contributed by atoms with Crippen LogP contribution in [0, 0.1) is 17.0 Å². The van der Waals surface area contributed by atoms with Gasteiger partial charge >= 0.3 is 0 Å². The Hall–Kier alpha value is -3.89. The Kier molecular flexibility index (Phi) is 8.42. The van der Waals surface area contributed by atoms with Crippen LogP contribution in [0.2, 0.25) is 5.02 Å². The number of thioether (sulfide) groups is 1. The van der Waals surface area contributed by atoms with Gasteiger partial charge in [-0.15, -0.1) is 10.2 Å². The van der Waals surface area contributed by atoms with Crippen molar-refractivity contribution in [1.29, 1.82) is 0 Å². The van der Waals surface area contributed by atoms with Crippen LogP contribution in [-0.4, -0.2) is 32.2 Å². The van der Waals surface area contributed by atoms with Crippen LogP contribution in [0.3, 0.4) is 0 Å². The van der Waals surface area contributed by atoms with E-state index in [1.54, 1.807) is 47.9 Å². The Morgan fingerprint density at radius 3 is 2.49 bits per heavy atom. The molecule has 190 valence electrons. The van der Waals surface area contributed by atoms with E-state index in [2.05, 4.69) is 21.6 Å². The van der Waals surface area contributed by atoms with E-state index < -0.39 is 11.0 Å². The van der Waals surface area contributed by atoms with Crippen molar-refractivity contribution in [3.05, 3.63) is 105 Å². The number of nitrogens with one attached hydrogen (secondary N) is 1. The lowest BCUT2D eigenvalue weighted by molar-refractivity contribution is -0.384. The van der Waals surface area contributed by atoms with E-state index in [0.29, 0.717) is 33.2 Å². The molecule has 1 aromatic heterocycles. The van der Waals surface area contributed by atoms with Crippen LogP contribution in [0.4, 0.5) is 5.69 Å². The second-order valence-electron chi connectivity index (χ2n) is 8.20.